The van der Waals surface area contributed by atoms with E-state index in [1.807, 2.05) is 50.3 Å². The smallest absolute Gasteiger partial charge is 0.274 e. The second-order valence-corrected chi connectivity index (χ2v) is 8.57. The van der Waals surface area contributed by atoms with Gasteiger partial charge in [-0.05, 0) is 24.3 Å². The van der Waals surface area contributed by atoms with Crippen LogP contribution in [0.2, 0.25) is 0 Å². The van der Waals surface area contributed by atoms with Crippen molar-refractivity contribution in [1.82, 2.24) is 24.5 Å². The summed E-state index contributed by atoms with van der Waals surface area (Å²) < 4.78 is 7.73. The van der Waals surface area contributed by atoms with Crippen molar-refractivity contribution in [3.05, 3.63) is 79.1 Å². The Morgan fingerprint density at radius 1 is 1.03 bits per heavy atom. The molecule has 1 amide bonds. The van der Waals surface area contributed by atoms with Crippen LogP contribution < -0.4 is 20.3 Å². The maximum Gasteiger partial charge on any atom is 0.274 e. The van der Waals surface area contributed by atoms with Gasteiger partial charge < -0.3 is 24.8 Å². The summed E-state index contributed by atoms with van der Waals surface area (Å²) in [6.45, 7) is 0. The van der Waals surface area contributed by atoms with Crippen LogP contribution in [0, 0.1) is 0 Å². The number of rotatable bonds is 7. The standard InChI is InChI=1S/C27H26N8O2/c1-34(2)24-14-25(37-4)22(13-21(24)31-26(36)20-9-11-28-16-30-20)33-27-29-12-10-19(32-27)18-15-35(3)23-8-6-5-7-17(18)23/h5-16H,1-4H3,(H,31,36)(H,29,32,33). The minimum atomic E-state index is -0.351. The van der Waals surface area contributed by atoms with E-state index in [-0.39, 0.29) is 11.6 Å². The first-order valence-corrected chi connectivity index (χ1v) is 11.6. The summed E-state index contributed by atoms with van der Waals surface area (Å²) in [4.78, 5) is 31.8. The van der Waals surface area contributed by atoms with Crippen molar-refractivity contribution in [3.63, 3.8) is 0 Å². The molecule has 0 saturated heterocycles. The molecule has 0 aliphatic heterocycles. The second kappa shape index (κ2) is 9.94. The maximum absolute atomic E-state index is 12.8. The molecule has 37 heavy (non-hydrogen) atoms. The van der Waals surface area contributed by atoms with Crippen molar-refractivity contribution in [2.75, 3.05) is 36.7 Å². The van der Waals surface area contributed by atoms with Crippen molar-refractivity contribution in [2.45, 2.75) is 0 Å². The SMILES string of the molecule is COc1cc(N(C)C)c(NC(=O)c2ccncn2)cc1Nc1nccc(-c2cn(C)c3ccccc23)n1. The Hall–Kier alpha value is -4.99. The number of anilines is 4. The summed E-state index contributed by atoms with van der Waals surface area (Å²) >= 11 is 0. The maximum atomic E-state index is 12.8. The molecule has 0 aliphatic rings. The summed E-state index contributed by atoms with van der Waals surface area (Å²) in [5.74, 6) is 0.619. The number of methoxy groups -OCH3 is 1. The van der Waals surface area contributed by atoms with Crippen molar-refractivity contribution in [2.24, 2.45) is 7.05 Å². The summed E-state index contributed by atoms with van der Waals surface area (Å²) in [7, 11) is 7.38. The van der Waals surface area contributed by atoms with E-state index in [0.29, 0.717) is 23.1 Å². The van der Waals surface area contributed by atoms with Crippen LogP contribution in [-0.2, 0) is 7.05 Å². The average molecular weight is 495 g/mol. The minimum absolute atomic E-state index is 0.260. The number of benzene rings is 2. The Morgan fingerprint density at radius 3 is 2.62 bits per heavy atom. The number of aromatic nitrogens is 5. The van der Waals surface area contributed by atoms with Crippen LogP contribution in [0.3, 0.4) is 0 Å². The number of carbonyl (C=O) groups excluding carboxylic acids is 1. The van der Waals surface area contributed by atoms with Crippen LogP contribution in [0.25, 0.3) is 22.2 Å². The fraction of sp³-hybridized carbons (Fsp3) is 0.148. The van der Waals surface area contributed by atoms with Gasteiger partial charge in [0.2, 0.25) is 5.95 Å². The van der Waals surface area contributed by atoms with Gasteiger partial charge in [0.1, 0.15) is 17.8 Å². The molecule has 10 nitrogen and oxygen atoms in total. The van der Waals surface area contributed by atoms with Gasteiger partial charge in [-0.2, -0.15) is 0 Å². The van der Waals surface area contributed by atoms with Crippen molar-refractivity contribution in [1.29, 1.82) is 0 Å². The molecule has 0 fully saturated rings. The van der Waals surface area contributed by atoms with Crippen LogP contribution >= 0.6 is 0 Å². The van der Waals surface area contributed by atoms with E-state index >= 15 is 0 Å². The van der Waals surface area contributed by atoms with Crippen LogP contribution in [0.4, 0.5) is 23.0 Å². The van der Waals surface area contributed by atoms with Gasteiger partial charge >= 0.3 is 0 Å². The lowest BCUT2D eigenvalue weighted by molar-refractivity contribution is 0.102. The van der Waals surface area contributed by atoms with Crippen LogP contribution in [0.5, 0.6) is 5.75 Å². The monoisotopic (exact) mass is 494 g/mol. The van der Waals surface area contributed by atoms with E-state index in [9.17, 15) is 4.79 Å². The van der Waals surface area contributed by atoms with Gasteiger partial charge in [0.15, 0.2) is 0 Å². The summed E-state index contributed by atoms with van der Waals surface area (Å²) in [5.41, 5.74) is 5.11. The summed E-state index contributed by atoms with van der Waals surface area (Å²) in [6, 6.07) is 15.3. The molecular weight excluding hydrogens is 468 g/mol. The number of ether oxygens (including phenoxy) is 1. The molecule has 0 unspecified atom stereocenters. The zero-order chi connectivity index (χ0) is 25.9. The molecule has 0 radical (unpaired) electrons. The van der Waals surface area contributed by atoms with Crippen molar-refractivity contribution >= 4 is 39.8 Å². The number of nitrogens with one attached hydrogen (secondary N) is 2. The Labute approximate surface area is 214 Å². The fourth-order valence-corrected chi connectivity index (χ4v) is 4.15. The molecule has 3 aromatic heterocycles. The molecule has 2 N–H and O–H groups in total. The third-order valence-electron chi connectivity index (χ3n) is 5.94. The van der Waals surface area contributed by atoms with Gasteiger partial charge in [-0.3, -0.25) is 4.79 Å². The largest absolute Gasteiger partial charge is 0.494 e. The quantitative estimate of drug-likeness (QED) is 0.340. The molecule has 186 valence electrons. The van der Waals surface area contributed by atoms with E-state index < -0.39 is 0 Å². The second-order valence-electron chi connectivity index (χ2n) is 8.57. The lowest BCUT2D eigenvalue weighted by atomic mass is 10.1. The van der Waals surface area contributed by atoms with Gasteiger partial charge in [0.05, 0.1) is 29.9 Å². The molecular formula is C27H26N8O2. The number of amides is 1. The molecule has 2 aromatic carbocycles. The Balaban J connectivity index is 1.51. The molecule has 5 aromatic rings. The number of fused-ring (bicyclic) bond motifs is 1. The molecule has 0 spiro atoms. The predicted octanol–water partition coefficient (Wildman–Crippen LogP) is 4.50. The van der Waals surface area contributed by atoms with E-state index in [1.54, 1.807) is 25.4 Å². The normalized spacial score (nSPS) is 10.8. The number of hydrogen-bond acceptors (Lipinski definition) is 8. The lowest BCUT2D eigenvalue weighted by Crippen LogP contribution is -2.18. The Bertz CT molecular complexity index is 1580. The van der Waals surface area contributed by atoms with Crippen molar-refractivity contribution in [3.8, 4) is 17.0 Å². The molecule has 0 atom stereocenters. The zero-order valence-corrected chi connectivity index (χ0v) is 20.9. The highest BCUT2D eigenvalue weighted by molar-refractivity contribution is 6.05. The predicted molar refractivity (Wildman–Crippen MR) is 145 cm³/mol. The molecule has 0 bridgehead atoms. The van der Waals surface area contributed by atoms with E-state index in [1.165, 1.54) is 12.5 Å². The summed E-state index contributed by atoms with van der Waals surface area (Å²) in [5, 5.41) is 7.30. The van der Waals surface area contributed by atoms with E-state index in [2.05, 4.69) is 48.5 Å². The number of nitrogens with zero attached hydrogens (tertiary/aromatic N) is 6. The topological polar surface area (TPSA) is 110 Å². The number of hydrogen-bond donors (Lipinski definition) is 2. The van der Waals surface area contributed by atoms with Gasteiger partial charge in [-0.15, -0.1) is 0 Å². The highest BCUT2D eigenvalue weighted by atomic mass is 16.5. The average Bonchev–Trinajstić information content (AvgIpc) is 3.26. The highest BCUT2D eigenvalue weighted by Crippen LogP contribution is 2.38. The highest BCUT2D eigenvalue weighted by Gasteiger charge is 2.17. The van der Waals surface area contributed by atoms with Crippen LogP contribution in [-0.4, -0.2) is 51.6 Å². The Morgan fingerprint density at radius 2 is 1.86 bits per heavy atom. The first-order chi connectivity index (χ1) is 17.9. The van der Waals surface area contributed by atoms with Gasteiger partial charge in [-0.25, -0.2) is 19.9 Å². The van der Waals surface area contributed by atoms with Gasteiger partial charge in [0.25, 0.3) is 5.91 Å². The first kappa shape index (κ1) is 23.7. The number of aryl methyl sites for hydroxylation is 1. The summed E-state index contributed by atoms with van der Waals surface area (Å²) in [6.07, 6.45) is 6.63. The zero-order valence-electron chi connectivity index (χ0n) is 20.9. The lowest BCUT2D eigenvalue weighted by Gasteiger charge is -2.21. The number of para-hydroxylation sites is 1. The van der Waals surface area contributed by atoms with E-state index in [4.69, 9.17) is 9.72 Å². The Kier molecular flexibility index (Phi) is 6.38. The van der Waals surface area contributed by atoms with Gasteiger partial charge in [0, 0.05) is 62.3 Å². The number of carbonyl (C=O) groups is 1. The molecule has 0 saturated carbocycles. The van der Waals surface area contributed by atoms with Crippen LogP contribution in [0.1, 0.15) is 10.5 Å². The molecule has 3 heterocycles. The molecule has 5 rings (SSSR count). The molecule has 0 aliphatic carbocycles. The third kappa shape index (κ3) is 4.76. The van der Waals surface area contributed by atoms with Gasteiger partial charge in [-0.1, -0.05) is 18.2 Å². The third-order valence-corrected chi connectivity index (χ3v) is 5.94. The van der Waals surface area contributed by atoms with E-state index in [0.717, 1.165) is 27.8 Å². The van der Waals surface area contributed by atoms with Crippen LogP contribution in [0.15, 0.2) is 73.4 Å². The first-order valence-electron chi connectivity index (χ1n) is 11.6. The molecule has 10 heteroatoms. The van der Waals surface area contributed by atoms with Crippen molar-refractivity contribution < 1.29 is 9.53 Å². The fourth-order valence-electron chi connectivity index (χ4n) is 4.15. The minimum Gasteiger partial charge on any atom is -0.494 e.